The number of aryl methyl sites for hydroxylation is 1. The molecule has 2 aliphatic carbocycles. The van der Waals surface area contributed by atoms with Gasteiger partial charge in [0.1, 0.15) is 36.0 Å². The molecule has 4 rings (SSSR count). The Kier molecular flexibility index (Phi) is 18.0. The van der Waals surface area contributed by atoms with Crippen LogP contribution in [0.15, 0.2) is 71.0 Å². The van der Waals surface area contributed by atoms with Crippen LogP contribution >= 0.6 is 0 Å². The lowest BCUT2D eigenvalue weighted by atomic mass is 9.79. The van der Waals surface area contributed by atoms with Crippen LogP contribution in [0, 0.1) is 5.92 Å². The maximum Gasteiger partial charge on any atom is 0.326 e. The predicted molar refractivity (Wildman–Crippen MR) is 229 cm³/mol. The molecule has 4 bridgehead atoms. The summed E-state index contributed by atoms with van der Waals surface area (Å²) in [5, 5.41) is 51.7. The van der Waals surface area contributed by atoms with Gasteiger partial charge >= 0.3 is 5.97 Å². The highest BCUT2D eigenvalue weighted by atomic mass is 16.4. The van der Waals surface area contributed by atoms with Crippen molar-refractivity contribution in [1.82, 2.24) is 31.1 Å². The molecule has 0 saturated heterocycles. The van der Waals surface area contributed by atoms with E-state index in [0.717, 1.165) is 34.6 Å². The van der Waals surface area contributed by atoms with Gasteiger partial charge in [-0.1, -0.05) is 69.4 Å². The number of aliphatic hydroxyl groups is 3. The second-order valence-electron chi connectivity index (χ2n) is 16.3. The van der Waals surface area contributed by atoms with E-state index in [1.165, 1.54) is 65.8 Å². The van der Waals surface area contributed by atoms with E-state index in [4.69, 9.17) is 0 Å². The number of hydrogen-bond acceptors (Lipinski definition) is 10. The number of rotatable bonds is 17. The van der Waals surface area contributed by atoms with E-state index in [0.29, 0.717) is 22.3 Å². The van der Waals surface area contributed by atoms with E-state index in [9.17, 15) is 54.0 Å². The van der Waals surface area contributed by atoms with Gasteiger partial charge < -0.3 is 51.5 Å². The van der Waals surface area contributed by atoms with E-state index in [-0.39, 0.29) is 25.0 Å². The number of unbranched alkanes of at least 4 members (excludes halogenated alkanes) is 5. The van der Waals surface area contributed by atoms with Gasteiger partial charge in [-0.3, -0.25) is 28.8 Å². The highest BCUT2D eigenvalue weighted by Gasteiger charge is 2.39. The summed E-state index contributed by atoms with van der Waals surface area (Å²) >= 11 is 0. The Morgan fingerprint density at radius 3 is 2.27 bits per heavy atom. The summed E-state index contributed by atoms with van der Waals surface area (Å²) < 4.78 is 0. The highest BCUT2D eigenvalue weighted by Crippen LogP contribution is 2.36. The number of carboxylic acids is 1. The lowest BCUT2D eigenvalue weighted by Crippen LogP contribution is -2.58. The summed E-state index contributed by atoms with van der Waals surface area (Å²) in [7, 11) is 2.69. The van der Waals surface area contributed by atoms with Gasteiger partial charge in [-0.05, 0) is 74.4 Å². The Labute approximate surface area is 362 Å². The molecular formula is C45H62N6O11. The number of carbonyl (C=O) groups is 7. The minimum Gasteiger partial charge on any atom is -0.508 e. The molecule has 0 aromatic heterocycles. The van der Waals surface area contributed by atoms with Gasteiger partial charge in [-0.15, -0.1) is 0 Å². The summed E-state index contributed by atoms with van der Waals surface area (Å²) in [6.07, 6.45) is 12.9. The first kappa shape index (κ1) is 48.9. The van der Waals surface area contributed by atoms with Gasteiger partial charge in [0.15, 0.2) is 0 Å². The number of allylic oxidation sites excluding steroid dienone is 2. The molecule has 3 aliphatic rings. The summed E-state index contributed by atoms with van der Waals surface area (Å²) in [5.41, 5.74) is 2.52. The molecule has 17 nitrogen and oxygen atoms in total. The molecule has 1 aromatic carbocycles. The van der Waals surface area contributed by atoms with Crippen molar-refractivity contribution in [2.45, 2.75) is 121 Å². The molecule has 338 valence electrons. The van der Waals surface area contributed by atoms with Crippen molar-refractivity contribution >= 4 is 41.4 Å². The number of carbonyl (C=O) groups excluding carboxylic acids is 6. The minimum atomic E-state index is -1.37. The number of fused-ring (bicyclic) bond motifs is 4. The number of amides is 6. The number of aliphatic hydroxyl groups excluding tert-OH is 3. The first-order valence-electron chi connectivity index (χ1n) is 21.3. The van der Waals surface area contributed by atoms with Crippen LogP contribution in [0.4, 0.5) is 0 Å². The molecule has 0 saturated carbocycles. The molecule has 1 aliphatic heterocycles. The Bertz CT molecular complexity index is 1960. The number of carboxylic acid groups (broad SMARTS) is 1. The third-order valence-corrected chi connectivity index (χ3v) is 11.6. The van der Waals surface area contributed by atoms with Crippen LogP contribution in [0.1, 0.15) is 94.5 Å². The van der Waals surface area contributed by atoms with Crippen LogP contribution in [0.25, 0.3) is 0 Å². The normalized spacial score (nSPS) is 22.4. The fourth-order valence-electron chi connectivity index (χ4n) is 7.76. The van der Waals surface area contributed by atoms with Crippen LogP contribution in [0.5, 0.6) is 0 Å². The number of hydrogen-bond donors (Lipinski definition) is 8. The number of nitrogens with zero attached hydrogens (tertiary/aromatic N) is 2. The molecule has 7 atom stereocenters. The first-order chi connectivity index (χ1) is 29.5. The molecule has 1 aromatic rings. The van der Waals surface area contributed by atoms with Crippen molar-refractivity contribution in [2.75, 3.05) is 27.2 Å². The second kappa shape index (κ2) is 22.9. The number of nitrogens with one attached hydrogen (secondary N) is 4. The Morgan fingerprint density at radius 1 is 0.935 bits per heavy atom. The highest BCUT2D eigenvalue weighted by molar-refractivity contribution is 5.99. The molecule has 62 heavy (non-hydrogen) atoms. The quantitative estimate of drug-likeness (QED) is 0.105. The second-order valence-corrected chi connectivity index (χ2v) is 16.3. The van der Waals surface area contributed by atoms with E-state index < -0.39 is 96.8 Å². The lowest BCUT2D eigenvalue weighted by molar-refractivity contribution is -0.143. The predicted octanol–water partition coefficient (Wildman–Crippen LogP) is 1.95. The van der Waals surface area contributed by atoms with Crippen LogP contribution in [0.2, 0.25) is 0 Å². The van der Waals surface area contributed by atoms with Crippen molar-refractivity contribution in [1.29, 1.82) is 0 Å². The number of benzene rings is 1. The zero-order valence-corrected chi connectivity index (χ0v) is 36.2. The summed E-state index contributed by atoms with van der Waals surface area (Å²) in [4.78, 5) is 94.7. The molecule has 0 fully saturated rings. The summed E-state index contributed by atoms with van der Waals surface area (Å²) in [6, 6.07) is 0.610. The molecule has 0 spiro atoms. The van der Waals surface area contributed by atoms with Crippen molar-refractivity contribution in [3.63, 3.8) is 0 Å². The van der Waals surface area contributed by atoms with E-state index >= 15 is 0 Å². The van der Waals surface area contributed by atoms with Crippen LogP contribution in [-0.4, -0.2) is 135 Å². The van der Waals surface area contributed by atoms with Crippen molar-refractivity contribution in [3.8, 4) is 0 Å². The van der Waals surface area contributed by atoms with E-state index in [2.05, 4.69) is 28.2 Å². The van der Waals surface area contributed by atoms with Crippen molar-refractivity contribution < 1.29 is 54.0 Å². The van der Waals surface area contributed by atoms with Gasteiger partial charge in [-0.25, -0.2) is 4.79 Å². The third kappa shape index (κ3) is 12.9. The number of aliphatic carboxylic acids is 1. The zero-order chi connectivity index (χ0) is 45.7. The molecule has 8 N–H and O–H groups in total. The van der Waals surface area contributed by atoms with Crippen LogP contribution < -0.4 is 21.3 Å². The molecular weight excluding hydrogens is 801 g/mol. The smallest absolute Gasteiger partial charge is 0.326 e. The fraction of sp³-hybridized carbons (Fsp3) is 0.533. The van der Waals surface area contributed by atoms with E-state index in [1.807, 2.05) is 12.1 Å². The average Bonchev–Trinajstić information content (AvgIpc) is 3.24. The SMILES string of the molecule is CCCCCCCCc1ccc(C(=O)N(C)[C@H](CO)C(=O)N[C@H](C)C(=O)NCC(=O)N(C)[C@@H]2C(=O)N[C@@H](C)C(=O)N[C@H](C(=O)O)CC3=CC[C@H](O)C(=C3)C3=C(O)C=C[C@H]2C3)cc1. The first-order valence-corrected chi connectivity index (χ1v) is 21.3. The zero-order valence-electron chi connectivity index (χ0n) is 36.2. The molecule has 1 heterocycles. The van der Waals surface area contributed by atoms with Gasteiger partial charge in [0.2, 0.25) is 29.5 Å². The number of likely N-dealkylation sites (N-methyl/N-ethyl adjacent to an activating group) is 2. The Hall–Kier alpha value is -5.81. The largest absolute Gasteiger partial charge is 0.508 e. The van der Waals surface area contributed by atoms with Gasteiger partial charge in [0.05, 0.1) is 19.3 Å². The molecule has 17 heteroatoms. The fourth-order valence-corrected chi connectivity index (χ4v) is 7.76. The van der Waals surface area contributed by atoms with Gasteiger partial charge in [-0.2, -0.15) is 0 Å². The molecule has 6 amide bonds. The lowest BCUT2D eigenvalue weighted by Gasteiger charge is -2.36. The monoisotopic (exact) mass is 862 g/mol. The molecule has 0 unspecified atom stereocenters. The maximum atomic E-state index is 13.9. The third-order valence-electron chi connectivity index (χ3n) is 11.6. The van der Waals surface area contributed by atoms with Crippen LogP contribution in [0.3, 0.4) is 0 Å². The standard InChI is InChI=1S/C45H62N6O11/c1-6-7-8-9-10-11-12-28-13-16-30(17-14-28)44(60)50(4)35(25-52)42(58)47-26(2)40(56)46-24-38(55)51(5)39-31-18-20-37(54)33(23-31)32-21-29(15-19-36(32)53)22-34(45(61)62)49-41(57)27(3)48-43(39)59/h13-18,20-21,26-27,31,34-36,39,52-54H,6-12,19,22-25H2,1-5H3,(H,46,56)(H,47,58)(H,48,59)(H,49,57)(H,61,62)/t26-,27+,31+,34+,35-,36+,39+/m1/s1. The van der Waals surface area contributed by atoms with Gasteiger partial charge in [0, 0.05) is 37.6 Å². The Morgan fingerprint density at radius 2 is 1.61 bits per heavy atom. The summed E-state index contributed by atoms with van der Waals surface area (Å²) in [6.45, 7) is 3.53. The van der Waals surface area contributed by atoms with Crippen molar-refractivity contribution in [3.05, 3.63) is 82.2 Å². The topological polar surface area (TPSA) is 255 Å². The molecule has 0 radical (unpaired) electrons. The minimum absolute atomic E-state index is 0.0277. The maximum absolute atomic E-state index is 13.9. The van der Waals surface area contributed by atoms with Crippen molar-refractivity contribution in [2.24, 2.45) is 5.92 Å². The average molecular weight is 863 g/mol. The van der Waals surface area contributed by atoms with Crippen LogP contribution in [-0.2, 0) is 35.2 Å². The summed E-state index contributed by atoms with van der Waals surface area (Å²) in [5.74, 6) is -6.71. The van der Waals surface area contributed by atoms with E-state index in [1.54, 1.807) is 24.3 Å². The van der Waals surface area contributed by atoms with Gasteiger partial charge in [0.25, 0.3) is 5.91 Å². The Balaban J connectivity index is 1.40.